The van der Waals surface area contributed by atoms with E-state index in [4.69, 9.17) is 5.73 Å². The molecule has 0 saturated carbocycles. The van der Waals surface area contributed by atoms with Crippen LogP contribution in [0.3, 0.4) is 0 Å². The van der Waals surface area contributed by atoms with Gasteiger partial charge in [0.15, 0.2) is 9.84 Å². The van der Waals surface area contributed by atoms with Crippen molar-refractivity contribution in [2.75, 3.05) is 36.0 Å². The molecule has 4 nitrogen and oxygen atoms in total. The summed E-state index contributed by atoms with van der Waals surface area (Å²) in [6, 6.07) is 4.59. The van der Waals surface area contributed by atoms with Gasteiger partial charge < -0.3 is 10.6 Å². The van der Waals surface area contributed by atoms with Gasteiger partial charge in [0.25, 0.3) is 0 Å². The first-order valence-corrected chi connectivity index (χ1v) is 7.78. The molecule has 18 heavy (non-hydrogen) atoms. The van der Waals surface area contributed by atoms with Crippen LogP contribution in [0.1, 0.15) is 5.56 Å². The minimum atomic E-state index is -2.90. The fraction of sp³-hybridized carbons (Fsp3) is 0.500. The van der Waals surface area contributed by atoms with Crippen molar-refractivity contribution in [1.82, 2.24) is 0 Å². The van der Waals surface area contributed by atoms with Crippen molar-refractivity contribution in [3.05, 3.63) is 29.6 Å². The van der Waals surface area contributed by atoms with Gasteiger partial charge in [0.2, 0.25) is 0 Å². The predicted molar refractivity (Wildman–Crippen MR) is 70.0 cm³/mol. The van der Waals surface area contributed by atoms with E-state index in [2.05, 4.69) is 0 Å². The SMILES string of the molecule is NCCc1cc(F)ccc1N1CCS(=O)(=O)CC1. The summed E-state index contributed by atoms with van der Waals surface area (Å²) in [5, 5.41) is 0. The van der Waals surface area contributed by atoms with E-state index in [0.717, 1.165) is 11.3 Å². The van der Waals surface area contributed by atoms with Gasteiger partial charge in [-0.2, -0.15) is 0 Å². The number of anilines is 1. The molecular formula is C12H17FN2O2S. The lowest BCUT2D eigenvalue weighted by molar-refractivity contribution is 0.586. The number of hydrogen-bond donors (Lipinski definition) is 1. The number of halogens is 1. The molecule has 1 aliphatic rings. The molecule has 0 radical (unpaired) electrons. The minimum Gasteiger partial charge on any atom is -0.369 e. The molecule has 0 spiro atoms. The fourth-order valence-electron chi connectivity index (χ4n) is 2.17. The number of nitrogens with zero attached hydrogens (tertiary/aromatic N) is 1. The quantitative estimate of drug-likeness (QED) is 0.873. The predicted octanol–water partition coefficient (Wildman–Crippen LogP) is 0.562. The molecule has 100 valence electrons. The van der Waals surface area contributed by atoms with Crippen molar-refractivity contribution >= 4 is 15.5 Å². The van der Waals surface area contributed by atoms with Crippen LogP contribution in [0.2, 0.25) is 0 Å². The third kappa shape index (κ3) is 3.00. The molecule has 0 atom stereocenters. The second-order valence-electron chi connectivity index (χ2n) is 4.45. The van der Waals surface area contributed by atoms with Crippen molar-refractivity contribution in [2.45, 2.75) is 6.42 Å². The molecule has 0 bridgehead atoms. The maximum absolute atomic E-state index is 13.2. The zero-order valence-electron chi connectivity index (χ0n) is 10.1. The van der Waals surface area contributed by atoms with Crippen LogP contribution in [-0.2, 0) is 16.3 Å². The Kier molecular flexibility index (Phi) is 3.87. The first kappa shape index (κ1) is 13.3. The van der Waals surface area contributed by atoms with E-state index < -0.39 is 9.84 Å². The molecule has 1 aromatic carbocycles. The molecule has 0 unspecified atom stereocenters. The summed E-state index contributed by atoms with van der Waals surface area (Å²) in [5.41, 5.74) is 7.26. The van der Waals surface area contributed by atoms with Gasteiger partial charge in [-0.1, -0.05) is 0 Å². The smallest absolute Gasteiger partial charge is 0.153 e. The lowest BCUT2D eigenvalue weighted by Gasteiger charge is -2.30. The zero-order valence-corrected chi connectivity index (χ0v) is 10.9. The molecule has 0 aliphatic carbocycles. The monoisotopic (exact) mass is 272 g/mol. The first-order chi connectivity index (χ1) is 8.52. The highest BCUT2D eigenvalue weighted by atomic mass is 32.2. The van der Waals surface area contributed by atoms with E-state index in [1.54, 1.807) is 6.07 Å². The molecule has 0 aromatic heterocycles. The van der Waals surface area contributed by atoms with E-state index in [1.807, 2.05) is 4.90 Å². The average molecular weight is 272 g/mol. The number of benzene rings is 1. The van der Waals surface area contributed by atoms with Crippen molar-refractivity contribution in [2.24, 2.45) is 5.73 Å². The van der Waals surface area contributed by atoms with Crippen LogP contribution >= 0.6 is 0 Å². The molecule has 2 N–H and O–H groups in total. The van der Waals surface area contributed by atoms with Crippen LogP contribution < -0.4 is 10.6 Å². The van der Waals surface area contributed by atoms with Crippen LogP contribution in [0.15, 0.2) is 18.2 Å². The average Bonchev–Trinajstić information content (AvgIpc) is 2.31. The van der Waals surface area contributed by atoms with Gasteiger partial charge in [-0.15, -0.1) is 0 Å². The first-order valence-electron chi connectivity index (χ1n) is 5.96. The fourth-order valence-corrected chi connectivity index (χ4v) is 3.37. The lowest BCUT2D eigenvalue weighted by atomic mass is 10.1. The number of rotatable bonds is 3. The summed E-state index contributed by atoms with van der Waals surface area (Å²) in [7, 11) is -2.90. The molecule has 1 fully saturated rings. The Balaban J connectivity index is 2.23. The molecular weight excluding hydrogens is 255 g/mol. The second-order valence-corrected chi connectivity index (χ2v) is 6.75. The molecule has 1 heterocycles. The summed E-state index contributed by atoms with van der Waals surface area (Å²) in [6.45, 7) is 1.37. The van der Waals surface area contributed by atoms with E-state index >= 15 is 0 Å². The molecule has 1 saturated heterocycles. The minimum absolute atomic E-state index is 0.159. The summed E-state index contributed by atoms with van der Waals surface area (Å²) >= 11 is 0. The van der Waals surface area contributed by atoms with Crippen LogP contribution in [0.25, 0.3) is 0 Å². The maximum Gasteiger partial charge on any atom is 0.153 e. The largest absolute Gasteiger partial charge is 0.369 e. The van der Waals surface area contributed by atoms with Crippen molar-refractivity contribution in [1.29, 1.82) is 0 Å². The van der Waals surface area contributed by atoms with E-state index in [-0.39, 0.29) is 17.3 Å². The Hall–Kier alpha value is -1.14. The summed E-state index contributed by atoms with van der Waals surface area (Å²) in [4.78, 5) is 1.99. The van der Waals surface area contributed by atoms with Gasteiger partial charge >= 0.3 is 0 Å². The summed E-state index contributed by atoms with van der Waals surface area (Å²) < 4.78 is 36.0. The maximum atomic E-state index is 13.2. The van der Waals surface area contributed by atoms with E-state index in [0.29, 0.717) is 26.1 Å². The Morgan fingerprint density at radius 3 is 2.56 bits per heavy atom. The normalized spacial score (nSPS) is 18.9. The molecule has 2 rings (SSSR count). The van der Waals surface area contributed by atoms with Crippen LogP contribution in [-0.4, -0.2) is 39.6 Å². The van der Waals surface area contributed by atoms with Crippen molar-refractivity contribution in [3.63, 3.8) is 0 Å². The van der Waals surface area contributed by atoms with E-state index in [9.17, 15) is 12.8 Å². The highest BCUT2D eigenvalue weighted by Crippen LogP contribution is 2.23. The van der Waals surface area contributed by atoms with Gasteiger partial charge in [-0.05, 0) is 36.7 Å². The van der Waals surface area contributed by atoms with Gasteiger partial charge in [-0.3, -0.25) is 0 Å². The Morgan fingerprint density at radius 1 is 1.28 bits per heavy atom. The Labute approximate surface area is 107 Å². The summed E-state index contributed by atoms with van der Waals surface area (Å²) in [5.74, 6) is 0.0330. The topological polar surface area (TPSA) is 63.4 Å². The van der Waals surface area contributed by atoms with Crippen molar-refractivity contribution in [3.8, 4) is 0 Å². The number of nitrogens with two attached hydrogens (primary N) is 1. The summed E-state index contributed by atoms with van der Waals surface area (Å²) in [6.07, 6.45) is 0.594. The second kappa shape index (κ2) is 5.24. The van der Waals surface area contributed by atoms with Crippen LogP contribution in [0, 0.1) is 5.82 Å². The number of hydrogen-bond acceptors (Lipinski definition) is 4. The third-order valence-electron chi connectivity index (χ3n) is 3.14. The Bertz CT molecular complexity index is 517. The highest BCUT2D eigenvalue weighted by molar-refractivity contribution is 7.91. The zero-order chi connectivity index (χ0) is 13.2. The standard InChI is InChI=1S/C12H17FN2O2S/c13-11-1-2-12(10(9-11)3-4-14)15-5-7-18(16,17)8-6-15/h1-2,9H,3-8,14H2. The lowest BCUT2D eigenvalue weighted by Crippen LogP contribution is -2.40. The number of sulfone groups is 1. The van der Waals surface area contributed by atoms with Gasteiger partial charge in [0.1, 0.15) is 5.82 Å². The third-order valence-corrected chi connectivity index (χ3v) is 4.75. The van der Waals surface area contributed by atoms with Gasteiger partial charge in [0.05, 0.1) is 11.5 Å². The molecule has 1 aromatic rings. The molecule has 1 aliphatic heterocycles. The van der Waals surface area contributed by atoms with Gasteiger partial charge in [0, 0.05) is 18.8 Å². The molecule has 6 heteroatoms. The van der Waals surface area contributed by atoms with Crippen LogP contribution in [0.5, 0.6) is 0 Å². The van der Waals surface area contributed by atoms with Crippen LogP contribution in [0.4, 0.5) is 10.1 Å². The molecule has 0 amide bonds. The Morgan fingerprint density at radius 2 is 1.94 bits per heavy atom. The van der Waals surface area contributed by atoms with E-state index in [1.165, 1.54) is 12.1 Å². The van der Waals surface area contributed by atoms with Gasteiger partial charge in [-0.25, -0.2) is 12.8 Å². The highest BCUT2D eigenvalue weighted by Gasteiger charge is 2.23. The van der Waals surface area contributed by atoms with Crippen molar-refractivity contribution < 1.29 is 12.8 Å².